The van der Waals surface area contributed by atoms with Crippen molar-refractivity contribution in [3.63, 3.8) is 0 Å². The van der Waals surface area contributed by atoms with Crippen molar-refractivity contribution in [1.82, 2.24) is 0 Å². The Labute approximate surface area is 132 Å². The van der Waals surface area contributed by atoms with Gasteiger partial charge in [-0.2, -0.15) is 8.42 Å². The maximum absolute atomic E-state index is 12.7. The molecule has 122 valence electrons. The predicted octanol–water partition coefficient (Wildman–Crippen LogP) is 3.03. The van der Waals surface area contributed by atoms with E-state index >= 15 is 0 Å². The Morgan fingerprint density at radius 2 is 1.77 bits per heavy atom. The van der Waals surface area contributed by atoms with Crippen LogP contribution in [0, 0.1) is 18.3 Å². The van der Waals surface area contributed by atoms with Gasteiger partial charge in [0.25, 0.3) is 10.1 Å². The molecule has 3 aliphatic rings. The van der Waals surface area contributed by atoms with Crippen LogP contribution >= 0.6 is 0 Å². The fraction of sp³-hybridized carbons (Fsp3) is 0.647. The molecule has 1 aromatic carbocycles. The van der Waals surface area contributed by atoms with E-state index in [0.717, 1.165) is 12.0 Å². The Kier molecular flexibility index (Phi) is 3.31. The summed E-state index contributed by atoms with van der Waals surface area (Å²) >= 11 is 0. The average Bonchev–Trinajstić information content (AvgIpc) is 2.40. The summed E-state index contributed by atoms with van der Waals surface area (Å²) in [5.74, 6) is 0.404. The van der Waals surface area contributed by atoms with Gasteiger partial charge in [0.15, 0.2) is 0 Å². The van der Waals surface area contributed by atoms with Crippen LogP contribution in [0.4, 0.5) is 0 Å². The van der Waals surface area contributed by atoms with Crippen molar-refractivity contribution in [2.24, 2.45) is 11.3 Å². The van der Waals surface area contributed by atoms with Gasteiger partial charge in [-0.15, -0.1) is 0 Å². The van der Waals surface area contributed by atoms with E-state index in [4.69, 9.17) is 4.18 Å². The molecule has 0 heterocycles. The van der Waals surface area contributed by atoms with E-state index < -0.39 is 21.3 Å². The zero-order valence-electron chi connectivity index (χ0n) is 13.6. The molecular weight excluding hydrogens is 300 g/mol. The minimum absolute atomic E-state index is 0.146. The lowest BCUT2D eigenvalue weighted by molar-refractivity contribution is -0.297. The Balaban J connectivity index is 1.99. The molecule has 1 N–H and O–H groups in total. The van der Waals surface area contributed by atoms with Crippen molar-refractivity contribution in [1.29, 1.82) is 0 Å². The van der Waals surface area contributed by atoms with Crippen LogP contribution in [-0.2, 0) is 14.3 Å². The van der Waals surface area contributed by atoms with Gasteiger partial charge in [0.2, 0.25) is 0 Å². The predicted molar refractivity (Wildman–Crippen MR) is 83.9 cm³/mol. The van der Waals surface area contributed by atoms with Crippen LogP contribution in [0.3, 0.4) is 0 Å². The van der Waals surface area contributed by atoms with Crippen molar-refractivity contribution in [2.45, 2.75) is 63.1 Å². The zero-order valence-corrected chi connectivity index (χ0v) is 14.4. The van der Waals surface area contributed by atoms with Crippen LogP contribution in [0.1, 0.15) is 45.6 Å². The van der Waals surface area contributed by atoms with Gasteiger partial charge in [-0.05, 0) is 51.2 Å². The fourth-order valence-corrected chi connectivity index (χ4v) is 5.67. The summed E-state index contributed by atoms with van der Waals surface area (Å²) in [6, 6.07) is 6.62. The number of aliphatic hydroxyl groups is 1. The number of aryl methyl sites for hydroxylation is 1. The summed E-state index contributed by atoms with van der Waals surface area (Å²) in [5.41, 5.74) is -1.53. The molecule has 0 radical (unpaired) electrons. The quantitative estimate of drug-likeness (QED) is 0.868. The van der Waals surface area contributed by atoms with Gasteiger partial charge in [0, 0.05) is 5.41 Å². The lowest BCUT2D eigenvalue weighted by Gasteiger charge is -2.69. The lowest BCUT2D eigenvalue weighted by atomic mass is 9.41. The monoisotopic (exact) mass is 324 g/mol. The normalized spacial score (nSPS) is 36.7. The van der Waals surface area contributed by atoms with Crippen LogP contribution in [-0.4, -0.2) is 24.7 Å². The summed E-state index contributed by atoms with van der Waals surface area (Å²) in [5, 5.41) is 10.8. The number of rotatable bonds is 3. The molecule has 0 aromatic heterocycles. The highest BCUT2D eigenvalue weighted by atomic mass is 32.2. The second kappa shape index (κ2) is 4.56. The smallest absolute Gasteiger partial charge is 0.297 e. The summed E-state index contributed by atoms with van der Waals surface area (Å²) < 4.78 is 31.1. The topological polar surface area (TPSA) is 63.6 Å². The zero-order chi connectivity index (χ0) is 16.4. The Bertz CT molecular complexity index is 678. The van der Waals surface area contributed by atoms with Crippen molar-refractivity contribution in [3.05, 3.63) is 29.8 Å². The highest BCUT2D eigenvalue weighted by Gasteiger charge is 2.73. The second-order valence-electron chi connectivity index (χ2n) is 7.61. The first kappa shape index (κ1) is 16.0. The first-order chi connectivity index (χ1) is 10.0. The largest absolute Gasteiger partial charge is 0.387 e. The minimum atomic E-state index is -3.90. The molecule has 3 aliphatic carbocycles. The highest BCUT2D eigenvalue weighted by molar-refractivity contribution is 7.86. The van der Waals surface area contributed by atoms with Crippen molar-refractivity contribution in [2.75, 3.05) is 0 Å². The molecule has 3 fully saturated rings. The van der Waals surface area contributed by atoms with Crippen molar-refractivity contribution in [3.8, 4) is 0 Å². The Morgan fingerprint density at radius 3 is 2.27 bits per heavy atom. The van der Waals surface area contributed by atoms with Gasteiger partial charge in [-0.1, -0.05) is 31.5 Å². The first-order valence-electron chi connectivity index (χ1n) is 7.77. The molecule has 0 amide bonds. The summed E-state index contributed by atoms with van der Waals surface area (Å²) in [4.78, 5) is 0.146. The number of hydrogen-bond acceptors (Lipinski definition) is 4. The van der Waals surface area contributed by atoms with Crippen molar-refractivity contribution >= 4 is 10.1 Å². The molecular formula is C17H24O4S. The van der Waals surface area contributed by atoms with E-state index in [0.29, 0.717) is 18.8 Å². The molecule has 0 saturated heterocycles. The third-order valence-electron chi connectivity index (χ3n) is 6.01. The van der Waals surface area contributed by atoms with Gasteiger partial charge in [-0.25, -0.2) is 0 Å². The standard InChI is InChI=1S/C17H24O4S/c1-12-5-7-14(8-6-12)22(19,20)21-17-11-13(15(17,2)3)9-10-16(17,4)18/h5-8,13,18H,9-11H2,1-4H3. The summed E-state index contributed by atoms with van der Waals surface area (Å²) in [6.07, 6.45) is 2.08. The molecule has 4 nitrogen and oxygen atoms in total. The maximum Gasteiger partial charge on any atom is 0.297 e. The molecule has 22 heavy (non-hydrogen) atoms. The minimum Gasteiger partial charge on any atom is -0.387 e. The van der Waals surface area contributed by atoms with Gasteiger partial charge < -0.3 is 5.11 Å². The summed E-state index contributed by atoms with van der Waals surface area (Å²) in [7, 11) is -3.90. The molecule has 5 heteroatoms. The molecule has 4 rings (SSSR count). The molecule has 0 aliphatic heterocycles. The van der Waals surface area contributed by atoms with Gasteiger partial charge in [0.05, 0.1) is 10.5 Å². The van der Waals surface area contributed by atoms with Gasteiger partial charge >= 0.3 is 0 Å². The third-order valence-corrected chi connectivity index (χ3v) is 7.36. The second-order valence-corrected chi connectivity index (χ2v) is 9.16. The molecule has 0 spiro atoms. The maximum atomic E-state index is 12.7. The SMILES string of the molecule is Cc1ccc(S(=O)(=O)OC23CC(CCC2(C)O)C3(C)C)cc1. The lowest BCUT2D eigenvalue weighted by Crippen LogP contribution is -2.76. The summed E-state index contributed by atoms with van der Waals surface area (Å²) in [6.45, 7) is 7.61. The third kappa shape index (κ3) is 1.99. The Morgan fingerprint density at radius 1 is 1.18 bits per heavy atom. The number of hydrogen-bond donors (Lipinski definition) is 1. The van der Waals surface area contributed by atoms with E-state index in [-0.39, 0.29) is 10.3 Å². The van der Waals surface area contributed by atoms with E-state index in [1.54, 1.807) is 31.2 Å². The fourth-order valence-electron chi connectivity index (χ4n) is 4.27. The molecule has 3 unspecified atom stereocenters. The number of fused-ring (bicyclic) bond motifs is 2. The van der Waals surface area contributed by atoms with Gasteiger partial charge in [0.1, 0.15) is 5.60 Å². The first-order valence-corrected chi connectivity index (χ1v) is 9.17. The van der Waals surface area contributed by atoms with Gasteiger partial charge in [-0.3, -0.25) is 4.18 Å². The average molecular weight is 324 g/mol. The van der Waals surface area contributed by atoms with Crippen LogP contribution in [0.25, 0.3) is 0 Å². The van der Waals surface area contributed by atoms with E-state index in [1.807, 2.05) is 20.8 Å². The van der Waals surface area contributed by atoms with Crippen LogP contribution < -0.4 is 0 Å². The number of benzene rings is 1. The Hall–Kier alpha value is -0.910. The van der Waals surface area contributed by atoms with E-state index in [9.17, 15) is 13.5 Å². The molecule has 3 saturated carbocycles. The van der Waals surface area contributed by atoms with Crippen LogP contribution in [0.15, 0.2) is 29.2 Å². The van der Waals surface area contributed by atoms with Crippen molar-refractivity contribution < 1.29 is 17.7 Å². The highest BCUT2D eigenvalue weighted by Crippen LogP contribution is 2.67. The van der Waals surface area contributed by atoms with E-state index in [1.165, 1.54) is 0 Å². The molecule has 3 atom stereocenters. The van der Waals surface area contributed by atoms with Crippen LogP contribution in [0.2, 0.25) is 0 Å². The molecule has 2 bridgehead atoms. The van der Waals surface area contributed by atoms with Crippen LogP contribution in [0.5, 0.6) is 0 Å². The molecule has 1 aromatic rings. The van der Waals surface area contributed by atoms with E-state index in [2.05, 4.69) is 0 Å².